The van der Waals surface area contributed by atoms with E-state index >= 15 is 0 Å². The van der Waals surface area contributed by atoms with Crippen LogP contribution in [0.4, 0.5) is 11.4 Å². The van der Waals surface area contributed by atoms with Crippen LogP contribution in [0.1, 0.15) is 29.9 Å². The molecule has 17 heavy (non-hydrogen) atoms. The molecule has 1 aliphatic carbocycles. The summed E-state index contributed by atoms with van der Waals surface area (Å²) in [5, 5.41) is 3.55. The van der Waals surface area contributed by atoms with Crippen LogP contribution in [0.25, 0.3) is 0 Å². The minimum atomic E-state index is 0.614. The average Bonchev–Trinajstić information content (AvgIpc) is 3.20. The molecule has 84 valence electrons. The summed E-state index contributed by atoms with van der Waals surface area (Å²) < 4.78 is 0. The van der Waals surface area contributed by atoms with E-state index in [1.54, 1.807) is 0 Å². The van der Waals surface area contributed by atoms with Gasteiger partial charge in [0.1, 0.15) is 0 Å². The molecular formula is C16H15N. The second kappa shape index (κ2) is 3.36. The van der Waals surface area contributed by atoms with Gasteiger partial charge in [-0.15, -0.1) is 0 Å². The van der Waals surface area contributed by atoms with Crippen LogP contribution in [0.2, 0.25) is 0 Å². The van der Waals surface area contributed by atoms with Crippen LogP contribution in [0.5, 0.6) is 0 Å². The molecule has 1 N–H and O–H groups in total. The van der Waals surface area contributed by atoms with Crippen molar-refractivity contribution in [3.05, 3.63) is 59.7 Å². The monoisotopic (exact) mass is 221 g/mol. The van der Waals surface area contributed by atoms with Gasteiger partial charge in [-0.1, -0.05) is 36.4 Å². The van der Waals surface area contributed by atoms with E-state index in [9.17, 15) is 0 Å². The Labute approximate surface area is 101 Å². The summed E-state index contributed by atoms with van der Waals surface area (Å²) in [7, 11) is 0. The van der Waals surface area contributed by atoms with E-state index < -0.39 is 0 Å². The number of fused-ring (bicyclic) bond motifs is 2. The molecule has 0 bridgehead atoms. The number of hydrogen-bond donors (Lipinski definition) is 1. The molecule has 0 spiro atoms. The quantitative estimate of drug-likeness (QED) is 0.757. The van der Waals surface area contributed by atoms with Gasteiger partial charge in [0.15, 0.2) is 0 Å². The zero-order valence-electron chi connectivity index (χ0n) is 9.69. The summed E-state index contributed by atoms with van der Waals surface area (Å²) in [6.07, 6.45) is 2.76. The number of anilines is 2. The van der Waals surface area contributed by atoms with Gasteiger partial charge in [-0.25, -0.2) is 0 Å². The van der Waals surface area contributed by atoms with Crippen molar-refractivity contribution in [3.63, 3.8) is 0 Å². The minimum Gasteiger partial charge on any atom is -0.355 e. The lowest BCUT2D eigenvalue weighted by atomic mass is 9.82. The van der Waals surface area contributed by atoms with E-state index in [1.807, 2.05) is 0 Å². The molecule has 0 atom stereocenters. The van der Waals surface area contributed by atoms with Crippen LogP contribution < -0.4 is 5.32 Å². The maximum atomic E-state index is 3.55. The molecule has 1 heteroatoms. The van der Waals surface area contributed by atoms with E-state index in [1.165, 1.54) is 35.3 Å². The highest BCUT2D eigenvalue weighted by Gasteiger charge is 2.37. The van der Waals surface area contributed by atoms with Gasteiger partial charge >= 0.3 is 0 Å². The third-order valence-corrected chi connectivity index (χ3v) is 3.95. The van der Waals surface area contributed by atoms with Crippen LogP contribution in [0.3, 0.4) is 0 Å². The summed E-state index contributed by atoms with van der Waals surface area (Å²) in [5.41, 5.74) is 5.55. The van der Waals surface area contributed by atoms with Gasteiger partial charge < -0.3 is 5.32 Å². The highest BCUT2D eigenvalue weighted by atomic mass is 14.9. The van der Waals surface area contributed by atoms with E-state index in [-0.39, 0.29) is 0 Å². The van der Waals surface area contributed by atoms with Gasteiger partial charge in [-0.2, -0.15) is 0 Å². The van der Waals surface area contributed by atoms with E-state index in [0.29, 0.717) is 5.92 Å². The topological polar surface area (TPSA) is 12.0 Å². The van der Waals surface area contributed by atoms with E-state index in [4.69, 9.17) is 0 Å². The van der Waals surface area contributed by atoms with Crippen LogP contribution in [0.15, 0.2) is 48.5 Å². The Bertz CT molecular complexity index is 524. The molecule has 2 aliphatic rings. The lowest BCUT2D eigenvalue weighted by Crippen LogP contribution is -2.14. The van der Waals surface area contributed by atoms with Crippen molar-refractivity contribution < 1.29 is 0 Å². The van der Waals surface area contributed by atoms with E-state index in [2.05, 4.69) is 53.8 Å². The number of rotatable bonds is 1. The molecule has 4 rings (SSSR count). The smallest absolute Gasteiger partial charge is 0.0423 e. The maximum absolute atomic E-state index is 3.55. The SMILES string of the molecule is c1ccc2c(c1)Nc1ccccc1C2C1CC1. The first-order valence-electron chi connectivity index (χ1n) is 6.38. The highest BCUT2D eigenvalue weighted by Crippen LogP contribution is 2.52. The lowest BCUT2D eigenvalue weighted by molar-refractivity contribution is 0.701. The van der Waals surface area contributed by atoms with Crippen molar-refractivity contribution in [3.8, 4) is 0 Å². The lowest BCUT2D eigenvalue weighted by Gasteiger charge is -2.29. The number of nitrogens with one attached hydrogen (secondary N) is 1. The molecular weight excluding hydrogens is 206 g/mol. The van der Waals surface area contributed by atoms with Crippen molar-refractivity contribution in [2.45, 2.75) is 18.8 Å². The van der Waals surface area contributed by atoms with Gasteiger partial charge in [0, 0.05) is 17.3 Å². The fourth-order valence-corrected chi connectivity index (χ4v) is 3.01. The Balaban J connectivity index is 1.93. The summed E-state index contributed by atoms with van der Waals surface area (Å²) in [5.74, 6) is 1.48. The summed E-state index contributed by atoms with van der Waals surface area (Å²) in [4.78, 5) is 0. The largest absolute Gasteiger partial charge is 0.355 e. The molecule has 2 aromatic rings. The number of para-hydroxylation sites is 2. The molecule has 0 amide bonds. The Kier molecular flexibility index (Phi) is 1.84. The summed E-state index contributed by atoms with van der Waals surface area (Å²) >= 11 is 0. The predicted molar refractivity (Wildman–Crippen MR) is 70.7 cm³/mol. The zero-order valence-corrected chi connectivity index (χ0v) is 9.69. The maximum Gasteiger partial charge on any atom is 0.0423 e. The normalized spacial score (nSPS) is 18.1. The second-order valence-corrected chi connectivity index (χ2v) is 5.11. The minimum absolute atomic E-state index is 0.614. The molecule has 1 fully saturated rings. The predicted octanol–water partition coefficient (Wildman–Crippen LogP) is 4.29. The van der Waals surface area contributed by atoms with Crippen molar-refractivity contribution in [1.82, 2.24) is 0 Å². The van der Waals surface area contributed by atoms with Crippen molar-refractivity contribution in [2.24, 2.45) is 5.92 Å². The molecule has 0 saturated heterocycles. The van der Waals surface area contributed by atoms with Gasteiger partial charge in [-0.05, 0) is 42.0 Å². The zero-order chi connectivity index (χ0) is 11.2. The molecule has 1 saturated carbocycles. The second-order valence-electron chi connectivity index (χ2n) is 5.11. The average molecular weight is 221 g/mol. The first kappa shape index (κ1) is 9.29. The van der Waals surface area contributed by atoms with Crippen molar-refractivity contribution in [1.29, 1.82) is 0 Å². The molecule has 0 aromatic heterocycles. The van der Waals surface area contributed by atoms with E-state index in [0.717, 1.165) is 5.92 Å². The van der Waals surface area contributed by atoms with Gasteiger partial charge in [-0.3, -0.25) is 0 Å². The standard InChI is InChI=1S/C16H15N/c1-3-7-14-12(5-1)16(11-9-10-11)13-6-2-4-8-15(13)17-14/h1-8,11,16-17H,9-10H2. The third-order valence-electron chi connectivity index (χ3n) is 3.95. The van der Waals surface area contributed by atoms with Gasteiger partial charge in [0.05, 0.1) is 0 Å². The molecule has 0 unspecified atom stereocenters. The summed E-state index contributed by atoms with van der Waals surface area (Å²) in [6.45, 7) is 0. The number of hydrogen-bond acceptors (Lipinski definition) is 1. The molecule has 1 heterocycles. The fraction of sp³-hybridized carbons (Fsp3) is 0.250. The van der Waals surface area contributed by atoms with Crippen LogP contribution in [-0.4, -0.2) is 0 Å². The van der Waals surface area contributed by atoms with Crippen LogP contribution in [-0.2, 0) is 0 Å². The molecule has 1 aliphatic heterocycles. The van der Waals surface area contributed by atoms with Crippen molar-refractivity contribution >= 4 is 11.4 Å². The van der Waals surface area contributed by atoms with Crippen molar-refractivity contribution in [2.75, 3.05) is 5.32 Å². The Hall–Kier alpha value is -1.76. The molecule has 0 radical (unpaired) electrons. The summed E-state index contributed by atoms with van der Waals surface area (Å²) in [6, 6.07) is 17.5. The Morgan fingerprint density at radius 3 is 1.82 bits per heavy atom. The third kappa shape index (κ3) is 1.39. The van der Waals surface area contributed by atoms with Gasteiger partial charge in [0.2, 0.25) is 0 Å². The Morgan fingerprint density at radius 2 is 1.29 bits per heavy atom. The van der Waals surface area contributed by atoms with Crippen LogP contribution >= 0.6 is 0 Å². The highest BCUT2D eigenvalue weighted by molar-refractivity contribution is 5.73. The fourth-order valence-electron chi connectivity index (χ4n) is 3.01. The molecule has 1 nitrogen and oxygen atoms in total. The number of benzene rings is 2. The van der Waals surface area contributed by atoms with Gasteiger partial charge in [0.25, 0.3) is 0 Å². The first-order chi connectivity index (χ1) is 8.43. The van der Waals surface area contributed by atoms with Crippen LogP contribution in [0, 0.1) is 5.92 Å². The first-order valence-corrected chi connectivity index (χ1v) is 6.38. The Morgan fingerprint density at radius 1 is 0.765 bits per heavy atom. The molecule has 2 aromatic carbocycles.